The topological polar surface area (TPSA) is 43.4 Å². The largest absolute Gasteiger partial charge is 0.458 e. The number of ketones is 1. The Kier molecular flexibility index (Phi) is 3.53. The predicted molar refractivity (Wildman–Crippen MR) is 57.3 cm³/mol. The van der Waals surface area contributed by atoms with Crippen LogP contribution < -0.4 is 0 Å². The second-order valence-corrected chi connectivity index (χ2v) is 5.10. The number of carbonyl (C=O) groups is 2. The van der Waals surface area contributed by atoms with E-state index in [0.29, 0.717) is 5.92 Å². The molecule has 1 aliphatic rings. The lowest BCUT2D eigenvalue weighted by Crippen LogP contribution is -2.32. The van der Waals surface area contributed by atoms with Crippen molar-refractivity contribution in [1.82, 2.24) is 0 Å². The molecule has 0 spiro atoms. The molecular weight excluding hydrogens is 192 g/mol. The van der Waals surface area contributed by atoms with Crippen LogP contribution in [0.1, 0.15) is 40.5 Å². The van der Waals surface area contributed by atoms with E-state index < -0.39 is 0 Å². The summed E-state index contributed by atoms with van der Waals surface area (Å²) in [6, 6.07) is 0. The van der Waals surface area contributed by atoms with Gasteiger partial charge in [-0.3, -0.25) is 9.59 Å². The summed E-state index contributed by atoms with van der Waals surface area (Å²) in [6.07, 6.45) is 2.01. The number of ether oxygens (including phenoxy) is 1. The van der Waals surface area contributed by atoms with E-state index in [-0.39, 0.29) is 29.7 Å². The lowest BCUT2D eigenvalue weighted by atomic mass is 9.74. The number of carbonyl (C=O) groups excluding carboxylic acids is 2. The first-order valence-electron chi connectivity index (χ1n) is 5.51. The quantitative estimate of drug-likeness (QED) is 0.673. The summed E-state index contributed by atoms with van der Waals surface area (Å²) in [7, 11) is 0. The molecule has 0 bridgehead atoms. The zero-order chi connectivity index (χ0) is 11.6. The van der Waals surface area contributed by atoms with E-state index >= 15 is 0 Å². The maximum Gasteiger partial charge on any atom is 0.303 e. The minimum absolute atomic E-state index is 0.0389. The highest BCUT2D eigenvalue weighted by Crippen LogP contribution is 2.47. The molecular formula is C12H20O3. The van der Waals surface area contributed by atoms with Gasteiger partial charge in [-0.15, -0.1) is 0 Å². The minimum atomic E-state index is -0.382. The van der Waals surface area contributed by atoms with Gasteiger partial charge >= 0.3 is 5.97 Å². The molecule has 3 heteroatoms. The molecule has 15 heavy (non-hydrogen) atoms. The molecule has 1 saturated carbocycles. The van der Waals surface area contributed by atoms with E-state index in [4.69, 9.17) is 4.74 Å². The summed E-state index contributed by atoms with van der Waals surface area (Å²) in [5.41, 5.74) is 0.0389. The molecule has 0 unspecified atom stereocenters. The Balaban J connectivity index is 2.57. The molecule has 2 atom stereocenters. The summed E-state index contributed by atoms with van der Waals surface area (Å²) in [5, 5.41) is 0. The first kappa shape index (κ1) is 12.2. The maximum atomic E-state index is 11.8. The van der Waals surface area contributed by atoms with Crippen molar-refractivity contribution >= 4 is 11.8 Å². The molecule has 3 nitrogen and oxygen atoms in total. The fourth-order valence-corrected chi connectivity index (χ4v) is 2.35. The number of esters is 1. The van der Waals surface area contributed by atoms with E-state index in [0.717, 1.165) is 12.8 Å². The zero-order valence-corrected chi connectivity index (χ0v) is 10.0. The van der Waals surface area contributed by atoms with Crippen molar-refractivity contribution in [3.63, 3.8) is 0 Å². The highest BCUT2D eigenvalue weighted by atomic mass is 16.5. The van der Waals surface area contributed by atoms with Crippen molar-refractivity contribution in [2.45, 2.75) is 40.5 Å². The van der Waals surface area contributed by atoms with Crippen molar-refractivity contribution < 1.29 is 14.3 Å². The molecule has 0 aromatic heterocycles. The van der Waals surface area contributed by atoms with Gasteiger partial charge in [-0.2, -0.15) is 0 Å². The van der Waals surface area contributed by atoms with Crippen molar-refractivity contribution in [3.05, 3.63) is 0 Å². The molecule has 1 fully saturated rings. The highest BCUT2D eigenvalue weighted by molar-refractivity contribution is 5.85. The van der Waals surface area contributed by atoms with E-state index in [2.05, 4.69) is 20.8 Å². The van der Waals surface area contributed by atoms with Gasteiger partial charge in [-0.05, 0) is 24.2 Å². The van der Waals surface area contributed by atoms with Gasteiger partial charge < -0.3 is 4.74 Å². The lowest BCUT2D eigenvalue weighted by Gasteiger charge is -2.30. The van der Waals surface area contributed by atoms with Gasteiger partial charge in [-0.1, -0.05) is 20.8 Å². The summed E-state index contributed by atoms with van der Waals surface area (Å²) < 4.78 is 4.76. The standard InChI is InChI=1S/C12H20O3/c1-8-5-6-10(12(8,3)4)11(14)7-15-9(2)13/h8,10H,5-7H2,1-4H3/t8-,10-/m1/s1. The summed E-state index contributed by atoms with van der Waals surface area (Å²) >= 11 is 0. The Hall–Kier alpha value is -0.860. The molecule has 0 N–H and O–H groups in total. The van der Waals surface area contributed by atoms with Crippen molar-refractivity contribution in [1.29, 1.82) is 0 Å². The van der Waals surface area contributed by atoms with Crippen LogP contribution in [-0.4, -0.2) is 18.4 Å². The van der Waals surface area contributed by atoms with Gasteiger partial charge in [0.1, 0.15) is 6.61 Å². The third kappa shape index (κ3) is 2.58. The second-order valence-electron chi connectivity index (χ2n) is 5.10. The SMILES string of the molecule is CC(=O)OCC(=O)[C@H]1CC[C@@H](C)C1(C)C. The summed E-state index contributed by atoms with van der Waals surface area (Å²) in [5.74, 6) is 0.294. The number of hydrogen-bond acceptors (Lipinski definition) is 3. The smallest absolute Gasteiger partial charge is 0.303 e. The minimum Gasteiger partial charge on any atom is -0.458 e. The maximum absolute atomic E-state index is 11.8. The molecule has 0 aromatic carbocycles. The first-order valence-corrected chi connectivity index (χ1v) is 5.51. The van der Waals surface area contributed by atoms with Crippen LogP contribution in [0.3, 0.4) is 0 Å². The first-order chi connectivity index (χ1) is 6.85. The number of rotatable bonds is 3. The Morgan fingerprint density at radius 2 is 1.93 bits per heavy atom. The Bertz CT molecular complexity index is 268. The van der Waals surface area contributed by atoms with Crippen molar-refractivity contribution in [2.75, 3.05) is 6.61 Å². The molecule has 0 amide bonds. The Morgan fingerprint density at radius 3 is 2.33 bits per heavy atom. The highest BCUT2D eigenvalue weighted by Gasteiger charge is 2.44. The molecule has 0 aliphatic heterocycles. The van der Waals surface area contributed by atoms with Crippen molar-refractivity contribution in [3.8, 4) is 0 Å². The molecule has 0 heterocycles. The van der Waals surface area contributed by atoms with Crippen LogP contribution in [0.5, 0.6) is 0 Å². The van der Waals surface area contributed by atoms with Crippen LogP contribution in [-0.2, 0) is 14.3 Å². The molecule has 1 aliphatic carbocycles. The zero-order valence-electron chi connectivity index (χ0n) is 10.0. The average molecular weight is 212 g/mol. The van der Waals surface area contributed by atoms with Gasteiger partial charge in [0.15, 0.2) is 5.78 Å². The Morgan fingerprint density at radius 1 is 1.33 bits per heavy atom. The second kappa shape index (κ2) is 4.33. The normalized spacial score (nSPS) is 28.8. The average Bonchev–Trinajstić information content (AvgIpc) is 2.38. The van der Waals surface area contributed by atoms with E-state index in [1.807, 2.05) is 0 Å². The third-order valence-corrected chi connectivity index (χ3v) is 3.86. The predicted octanol–water partition coefficient (Wildman–Crippen LogP) is 2.19. The fourth-order valence-electron chi connectivity index (χ4n) is 2.35. The number of Topliss-reactive ketones (excluding diaryl/α,β-unsaturated/α-hetero) is 1. The summed E-state index contributed by atoms with van der Waals surface area (Å²) in [4.78, 5) is 22.4. The molecule has 1 rings (SSSR count). The van der Waals surface area contributed by atoms with Gasteiger partial charge in [-0.25, -0.2) is 0 Å². The lowest BCUT2D eigenvalue weighted by molar-refractivity contribution is -0.147. The van der Waals surface area contributed by atoms with Crippen LogP contribution >= 0.6 is 0 Å². The van der Waals surface area contributed by atoms with Crippen molar-refractivity contribution in [2.24, 2.45) is 17.3 Å². The van der Waals surface area contributed by atoms with E-state index in [1.54, 1.807) is 0 Å². The summed E-state index contributed by atoms with van der Waals surface area (Å²) in [6.45, 7) is 7.70. The van der Waals surface area contributed by atoms with Gasteiger partial charge in [0.2, 0.25) is 0 Å². The monoisotopic (exact) mass is 212 g/mol. The van der Waals surface area contributed by atoms with Crippen LogP contribution in [0.4, 0.5) is 0 Å². The number of hydrogen-bond donors (Lipinski definition) is 0. The molecule has 0 radical (unpaired) electrons. The van der Waals surface area contributed by atoms with Crippen LogP contribution in [0.15, 0.2) is 0 Å². The molecule has 86 valence electrons. The van der Waals surface area contributed by atoms with Gasteiger partial charge in [0.05, 0.1) is 0 Å². The molecule has 0 saturated heterocycles. The van der Waals surface area contributed by atoms with Crippen LogP contribution in [0, 0.1) is 17.3 Å². The fraction of sp³-hybridized carbons (Fsp3) is 0.833. The van der Waals surface area contributed by atoms with E-state index in [1.165, 1.54) is 6.92 Å². The van der Waals surface area contributed by atoms with Crippen LogP contribution in [0.2, 0.25) is 0 Å². The molecule has 0 aromatic rings. The van der Waals surface area contributed by atoms with E-state index in [9.17, 15) is 9.59 Å². The third-order valence-electron chi connectivity index (χ3n) is 3.86. The van der Waals surface area contributed by atoms with Gasteiger partial charge in [0.25, 0.3) is 0 Å². The van der Waals surface area contributed by atoms with Crippen LogP contribution in [0.25, 0.3) is 0 Å². The Labute approximate surface area is 91.2 Å². The van der Waals surface area contributed by atoms with Gasteiger partial charge in [0, 0.05) is 12.8 Å².